The number of nitrogens with one attached hydrogen (secondary N) is 1. The lowest BCUT2D eigenvalue weighted by atomic mass is 9.95. The summed E-state index contributed by atoms with van der Waals surface area (Å²) in [5.41, 5.74) is 2.83. The van der Waals surface area contributed by atoms with E-state index in [4.69, 9.17) is 0 Å². The number of anilines is 1. The first kappa shape index (κ1) is 13.0. The van der Waals surface area contributed by atoms with Crippen molar-refractivity contribution in [3.05, 3.63) is 46.2 Å². The Kier molecular flexibility index (Phi) is 2.78. The molecule has 2 atom stereocenters. The smallest absolute Gasteiger partial charge is 0.246 e. The maximum absolute atomic E-state index is 12.3. The minimum atomic E-state index is -0.762. The summed E-state index contributed by atoms with van der Waals surface area (Å²) in [6, 6.07) is 11.6. The highest BCUT2D eigenvalue weighted by Crippen LogP contribution is 2.40. The summed E-state index contributed by atoms with van der Waals surface area (Å²) in [5.74, 6) is -0.541. The van der Waals surface area contributed by atoms with Gasteiger partial charge < -0.3 is 0 Å². The third-order valence-corrected chi connectivity index (χ3v) is 5.11. The van der Waals surface area contributed by atoms with Gasteiger partial charge in [0.05, 0.1) is 23.1 Å². The molecule has 1 aromatic carbocycles. The molecule has 0 fully saturated rings. The minimum Gasteiger partial charge on any atom is -0.300 e. The highest BCUT2D eigenvalue weighted by Gasteiger charge is 2.39. The first-order chi connectivity index (χ1) is 10.7. The highest BCUT2D eigenvalue weighted by molar-refractivity contribution is 7.10. The Hall–Kier alpha value is -2.65. The zero-order valence-corrected chi connectivity index (χ0v) is 12.6. The summed E-state index contributed by atoms with van der Waals surface area (Å²) in [6.07, 6.45) is 0. The Labute approximate surface area is 130 Å². The molecule has 0 saturated carbocycles. The summed E-state index contributed by atoms with van der Waals surface area (Å²) in [7, 11) is 0. The van der Waals surface area contributed by atoms with Gasteiger partial charge in [-0.2, -0.15) is 5.26 Å². The van der Waals surface area contributed by atoms with Crippen molar-refractivity contribution in [1.82, 2.24) is 9.55 Å². The Morgan fingerprint density at radius 3 is 2.91 bits per heavy atom. The molecule has 0 saturated heterocycles. The molecule has 1 amide bonds. The average molecular weight is 308 g/mol. The fraction of sp³-hybridized carbons (Fsp3) is 0.188. The Morgan fingerprint density at radius 1 is 1.36 bits per heavy atom. The fourth-order valence-electron chi connectivity index (χ4n) is 2.98. The van der Waals surface area contributed by atoms with Crippen LogP contribution < -0.4 is 5.32 Å². The number of amides is 1. The number of hydrogen-bond acceptors (Lipinski definition) is 4. The highest BCUT2D eigenvalue weighted by atomic mass is 32.1. The lowest BCUT2D eigenvalue weighted by molar-refractivity contribution is -0.119. The van der Waals surface area contributed by atoms with Crippen molar-refractivity contribution in [3.8, 4) is 6.07 Å². The van der Waals surface area contributed by atoms with Crippen molar-refractivity contribution in [2.75, 3.05) is 5.32 Å². The van der Waals surface area contributed by atoms with Gasteiger partial charge in [0.15, 0.2) is 5.92 Å². The molecule has 3 heterocycles. The minimum absolute atomic E-state index is 0.289. The summed E-state index contributed by atoms with van der Waals surface area (Å²) in [4.78, 5) is 17.8. The van der Waals surface area contributed by atoms with Crippen molar-refractivity contribution in [1.29, 1.82) is 5.26 Å². The number of hydrogen-bond donors (Lipinski definition) is 1. The van der Waals surface area contributed by atoms with Crippen LogP contribution in [0.25, 0.3) is 11.0 Å². The second-order valence-corrected chi connectivity index (χ2v) is 6.25. The lowest BCUT2D eigenvalue weighted by Crippen LogP contribution is -2.37. The molecule has 0 bridgehead atoms. The molecule has 3 aromatic rings. The predicted octanol–water partition coefficient (Wildman–Crippen LogP) is 3.09. The van der Waals surface area contributed by atoms with E-state index in [1.54, 1.807) is 11.3 Å². The molecule has 108 valence electrons. The van der Waals surface area contributed by atoms with Crippen LogP contribution in [0.1, 0.15) is 16.5 Å². The van der Waals surface area contributed by atoms with Gasteiger partial charge in [-0.1, -0.05) is 12.1 Å². The molecule has 0 radical (unpaired) electrons. The molecule has 22 heavy (non-hydrogen) atoms. The van der Waals surface area contributed by atoms with E-state index in [-0.39, 0.29) is 11.9 Å². The largest absolute Gasteiger partial charge is 0.300 e. The summed E-state index contributed by atoms with van der Waals surface area (Å²) in [5, 5.41) is 14.3. The third kappa shape index (κ3) is 1.69. The van der Waals surface area contributed by atoms with Gasteiger partial charge in [0, 0.05) is 4.88 Å². The van der Waals surface area contributed by atoms with Crippen molar-refractivity contribution < 1.29 is 4.79 Å². The van der Waals surface area contributed by atoms with Gasteiger partial charge >= 0.3 is 0 Å². The maximum atomic E-state index is 12.3. The summed E-state index contributed by atoms with van der Waals surface area (Å²) in [6.45, 7) is 2.01. The van der Waals surface area contributed by atoms with Crippen LogP contribution in [0, 0.1) is 24.2 Å². The number of aromatic nitrogens is 2. The number of carbonyl (C=O) groups is 1. The Morgan fingerprint density at radius 2 is 2.18 bits per heavy atom. The molecule has 1 aliphatic rings. The molecule has 1 N–H and O–H groups in total. The lowest BCUT2D eigenvalue weighted by Gasteiger charge is -2.29. The van der Waals surface area contributed by atoms with E-state index in [2.05, 4.69) is 16.4 Å². The number of nitriles is 1. The van der Waals surface area contributed by atoms with Crippen LogP contribution in [0.3, 0.4) is 0 Å². The average Bonchev–Trinajstić information content (AvgIpc) is 3.09. The second kappa shape index (κ2) is 4.68. The standard InChI is InChI=1S/C16H12N4OS/c1-9-6-7-22-14(9)13-10(8-17)15(21)19-16-18-11-4-2-3-5-12(11)20(13)16/h2-7,10,13H,1H3,(H,18,19,21)/t10-,13-/m0/s1. The molecule has 5 nitrogen and oxygen atoms in total. The number of nitrogens with zero attached hydrogens (tertiary/aromatic N) is 3. The van der Waals surface area contributed by atoms with Gasteiger partial charge in [-0.25, -0.2) is 4.98 Å². The molecule has 2 aromatic heterocycles. The fourth-order valence-corrected chi connectivity index (χ4v) is 4.03. The Balaban J connectivity index is 2.05. The number of aryl methyl sites for hydroxylation is 1. The number of rotatable bonds is 1. The van der Waals surface area contributed by atoms with Crippen molar-refractivity contribution >= 4 is 34.2 Å². The molecule has 0 spiro atoms. The zero-order valence-electron chi connectivity index (χ0n) is 11.8. The van der Waals surface area contributed by atoms with Gasteiger partial charge in [-0.15, -0.1) is 11.3 Å². The van der Waals surface area contributed by atoms with Crippen LogP contribution in [-0.2, 0) is 4.79 Å². The SMILES string of the molecule is Cc1ccsc1[C@@H]1[C@H](C#N)C(=O)Nc2nc3ccccc3n21. The van der Waals surface area contributed by atoms with E-state index in [9.17, 15) is 10.1 Å². The summed E-state index contributed by atoms with van der Waals surface area (Å²) >= 11 is 1.57. The maximum Gasteiger partial charge on any atom is 0.246 e. The van der Waals surface area contributed by atoms with Gasteiger partial charge in [-0.3, -0.25) is 14.7 Å². The first-order valence-corrected chi connectivity index (χ1v) is 7.80. The molecule has 6 heteroatoms. The van der Waals surface area contributed by atoms with Crippen LogP contribution in [0.4, 0.5) is 5.95 Å². The van der Waals surface area contributed by atoms with Crippen molar-refractivity contribution in [3.63, 3.8) is 0 Å². The normalized spacial score (nSPS) is 20.5. The van der Waals surface area contributed by atoms with Gasteiger partial charge in [0.2, 0.25) is 11.9 Å². The third-order valence-electron chi connectivity index (χ3n) is 4.02. The number of benzene rings is 1. The number of imidazole rings is 1. The zero-order chi connectivity index (χ0) is 15.3. The van der Waals surface area contributed by atoms with Crippen LogP contribution in [-0.4, -0.2) is 15.5 Å². The van der Waals surface area contributed by atoms with Crippen molar-refractivity contribution in [2.24, 2.45) is 5.92 Å². The number of para-hydroxylation sites is 2. The van der Waals surface area contributed by atoms with Crippen molar-refractivity contribution in [2.45, 2.75) is 13.0 Å². The first-order valence-electron chi connectivity index (χ1n) is 6.92. The van der Waals surface area contributed by atoms with Crippen LogP contribution in [0.5, 0.6) is 0 Å². The second-order valence-electron chi connectivity index (χ2n) is 5.30. The molecule has 4 rings (SSSR count). The van der Waals surface area contributed by atoms with Crippen LogP contribution in [0.15, 0.2) is 35.7 Å². The topological polar surface area (TPSA) is 70.7 Å². The van der Waals surface area contributed by atoms with E-state index in [0.29, 0.717) is 5.95 Å². The number of thiophene rings is 1. The number of fused-ring (bicyclic) bond motifs is 3. The van der Waals surface area contributed by atoms with E-state index in [1.807, 2.05) is 47.2 Å². The van der Waals surface area contributed by atoms with Crippen LogP contribution in [0.2, 0.25) is 0 Å². The summed E-state index contributed by atoms with van der Waals surface area (Å²) < 4.78 is 1.98. The van der Waals surface area contributed by atoms with Gasteiger partial charge in [0.25, 0.3) is 0 Å². The van der Waals surface area contributed by atoms with Gasteiger partial charge in [0.1, 0.15) is 0 Å². The van der Waals surface area contributed by atoms with E-state index >= 15 is 0 Å². The quantitative estimate of drug-likeness (QED) is 0.751. The molecular weight excluding hydrogens is 296 g/mol. The van der Waals surface area contributed by atoms with Gasteiger partial charge in [-0.05, 0) is 36.1 Å². The molecule has 0 unspecified atom stereocenters. The molecule has 0 aliphatic carbocycles. The van der Waals surface area contributed by atoms with Crippen LogP contribution >= 0.6 is 11.3 Å². The van der Waals surface area contributed by atoms with E-state index < -0.39 is 5.92 Å². The number of carbonyl (C=O) groups excluding carboxylic acids is 1. The molecule has 1 aliphatic heterocycles. The van der Waals surface area contributed by atoms with E-state index in [1.165, 1.54) is 0 Å². The molecular formula is C16H12N4OS. The Bertz CT molecular complexity index is 933. The monoisotopic (exact) mass is 308 g/mol. The predicted molar refractivity (Wildman–Crippen MR) is 84.7 cm³/mol. The van der Waals surface area contributed by atoms with E-state index in [0.717, 1.165) is 21.5 Å².